The van der Waals surface area contributed by atoms with Crippen LogP contribution in [-0.4, -0.2) is 67.7 Å². The van der Waals surface area contributed by atoms with Crippen molar-refractivity contribution in [2.45, 2.75) is 19.3 Å². The third-order valence-electron chi connectivity index (χ3n) is 2.32. The monoisotopic (exact) mass is 245 g/mol. The molecule has 100 valence electrons. The van der Waals surface area contributed by atoms with Crippen LogP contribution in [0.25, 0.3) is 0 Å². The van der Waals surface area contributed by atoms with Gasteiger partial charge in [0.15, 0.2) is 0 Å². The second-order valence-corrected chi connectivity index (χ2v) is 4.31. The quantitative estimate of drug-likeness (QED) is 0.609. The number of carbonyl (C=O) groups is 2. The number of carboxylic acids is 1. The highest BCUT2D eigenvalue weighted by atomic mass is 16.4. The molecule has 0 aliphatic carbocycles. The smallest absolute Gasteiger partial charge is 0.317 e. The first-order valence-corrected chi connectivity index (χ1v) is 5.79. The van der Waals surface area contributed by atoms with Crippen LogP contribution in [0.1, 0.15) is 19.3 Å². The van der Waals surface area contributed by atoms with E-state index < -0.39 is 5.97 Å². The van der Waals surface area contributed by atoms with Gasteiger partial charge in [0.25, 0.3) is 0 Å². The van der Waals surface area contributed by atoms with Crippen molar-refractivity contribution in [1.29, 1.82) is 0 Å². The second kappa shape index (κ2) is 8.81. The average Bonchev–Trinajstić information content (AvgIpc) is 2.24. The first-order valence-electron chi connectivity index (χ1n) is 5.79. The van der Waals surface area contributed by atoms with E-state index in [0.717, 1.165) is 6.54 Å². The molecule has 6 nitrogen and oxygen atoms in total. The van der Waals surface area contributed by atoms with Gasteiger partial charge in [-0.05, 0) is 26.9 Å². The lowest BCUT2D eigenvalue weighted by Gasteiger charge is -2.20. The van der Waals surface area contributed by atoms with Crippen molar-refractivity contribution in [2.24, 2.45) is 0 Å². The molecule has 0 heterocycles. The minimum absolute atomic E-state index is 0.109. The Hall–Kier alpha value is -1.30. The third kappa shape index (κ3) is 9.62. The zero-order chi connectivity index (χ0) is 13.3. The number of nitrogens with one attached hydrogen (secondary N) is 1. The fraction of sp³-hybridized carbons (Fsp3) is 0.818. The first kappa shape index (κ1) is 15.7. The topological polar surface area (TPSA) is 72.9 Å². The van der Waals surface area contributed by atoms with E-state index >= 15 is 0 Å². The van der Waals surface area contributed by atoms with Crippen molar-refractivity contribution < 1.29 is 14.7 Å². The maximum Gasteiger partial charge on any atom is 0.317 e. The standard InChI is InChI=1S/C11H23N3O3/c1-13(2)8-9-14(3)11(17)12-7-5-4-6-10(15)16/h4-9H2,1-3H3,(H,12,17)(H,15,16). The Balaban J connectivity index is 3.53. The van der Waals surface area contributed by atoms with Gasteiger partial charge >= 0.3 is 12.0 Å². The number of carbonyl (C=O) groups excluding carboxylic acids is 1. The number of hydrogen-bond donors (Lipinski definition) is 2. The molecule has 0 bridgehead atoms. The fourth-order valence-corrected chi connectivity index (χ4v) is 1.18. The van der Waals surface area contributed by atoms with Crippen LogP contribution in [0.2, 0.25) is 0 Å². The molecule has 2 amide bonds. The molecule has 0 aliphatic heterocycles. The summed E-state index contributed by atoms with van der Waals surface area (Å²) in [7, 11) is 5.66. The third-order valence-corrected chi connectivity index (χ3v) is 2.32. The Morgan fingerprint density at radius 3 is 2.29 bits per heavy atom. The van der Waals surface area contributed by atoms with Crippen molar-refractivity contribution in [3.8, 4) is 0 Å². The van der Waals surface area contributed by atoms with Crippen LogP contribution in [-0.2, 0) is 4.79 Å². The first-order chi connectivity index (χ1) is 7.93. The molecule has 0 saturated heterocycles. The summed E-state index contributed by atoms with van der Waals surface area (Å²) in [5, 5.41) is 11.2. The minimum Gasteiger partial charge on any atom is -0.481 e. The zero-order valence-corrected chi connectivity index (χ0v) is 10.9. The van der Waals surface area contributed by atoms with Gasteiger partial charge in [-0.15, -0.1) is 0 Å². The van der Waals surface area contributed by atoms with E-state index in [-0.39, 0.29) is 12.5 Å². The fourth-order valence-electron chi connectivity index (χ4n) is 1.18. The maximum absolute atomic E-state index is 11.5. The zero-order valence-electron chi connectivity index (χ0n) is 10.9. The van der Waals surface area contributed by atoms with E-state index in [1.807, 2.05) is 19.0 Å². The number of amides is 2. The van der Waals surface area contributed by atoms with Crippen molar-refractivity contribution >= 4 is 12.0 Å². The number of carboxylic acid groups (broad SMARTS) is 1. The minimum atomic E-state index is -0.792. The summed E-state index contributed by atoms with van der Waals surface area (Å²) in [6.07, 6.45) is 1.45. The number of nitrogens with zero attached hydrogens (tertiary/aromatic N) is 2. The molecule has 0 rings (SSSR count). The highest BCUT2D eigenvalue weighted by molar-refractivity contribution is 5.73. The number of unbranched alkanes of at least 4 members (excludes halogenated alkanes) is 1. The largest absolute Gasteiger partial charge is 0.481 e. The molecule has 0 aromatic heterocycles. The predicted octanol–water partition coefficient (Wildman–Crippen LogP) is 0.444. The summed E-state index contributed by atoms with van der Waals surface area (Å²) in [5.41, 5.74) is 0. The molecular formula is C11H23N3O3. The molecule has 17 heavy (non-hydrogen) atoms. The maximum atomic E-state index is 11.5. The molecule has 0 aromatic rings. The van der Waals surface area contributed by atoms with Gasteiger partial charge in [-0.2, -0.15) is 0 Å². The Morgan fingerprint density at radius 2 is 1.76 bits per heavy atom. The van der Waals surface area contributed by atoms with Gasteiger partial charge in [0, 0.05) is 33.1 Å². The van der Waals surface area contributed by atoms with E-state index in [4.69, 9.17) is 5.11 Å². The molecule has 0 unspecified atom stereocenters. The SMILES string of the molecule is CN(C)CCN(C)C(=O)NCCCCC(=O)O. The number of rotatable bonds is 8. The Labute approximate surface area is 103 Å². The summed E-state index contributed by atoms with van der Waals surface area (Å²) >= 11 is 0. The summed E-state index contributed by atoms with van der Waals surface area (Å²) in [4.78, 5) is 25.4. The van der Waals surface area contributed by atoms with Crippen LogP contribution < -0.4 is 5.32 Å². The number of hydrogen-bond acceptors (Lipinski definition) is 3. The summed E-state index contributed by atoms with van der Waals surface area (Å²) in [6.45, 7) is 2.02. The summed E-state index contributed by atoms with van der Waals surface area (Å²) in [6, 6.07) is -0.109. The van der Waals surface area contributed by atoms with Gasteiger partial charge in [-0.25, -0.2) is 4.79 Å². The van der Waals surface area contributed by atoms with Crippen molar-refractivity contribution in [3.63, 3.8) is 0 Å². The van der Waals surface area contributed by atoms with Crippen LogP contribution in [0, 0.1) is 0 Å². The summed E-state index contributed by atoms with van der Waals surface area (Å²) < 4.78 is 0. The molecule has 6 heteroatoms. The van der Waals surface area contributed by atoms with Crippen LogP contribution in [0.5, 0.6) is 0 Å². The lowest BCUT2D eigenvalue weighted by atomic mass is 10.2. The van der Waals surface area contributed by atoms with Crippen LogP contribution in [0.4, 0.5) is 4.79 Å². The van der Waals surface area contributed by atoms with Crippen LogP contribution in [0.15, 0.2) is 0 Å². The van der Waals surface area contributed by atoms with E-state index in [1.54, 1.807) is 11.9 Å². The normalized spacial score (nSPS) is 10.4. The molecule has 0 atom stereocenters. The van der Waals surface area contributed by atoms with Crippen molar-refractivity contribution in [2.75, 3.05) is 40.8 Å². The van der Waals surface area contributed by atoms with Crippen molar-refractivity contribution in [3.05, 3.63) is 0 Å². The average molecular weight is 245 g/mol. The van der Waals surface area contributed by atoms with E-state index in [9.17, 15) is 9.59 Å². The molecular weight excluding hydrogens is 222 g/mol. The predicted molar refractivity (Wildman–Crippen MR) is 66.1 cm³/mol. The molecule has 0 saturated carbocycles. The molecule has 0 aromatic carbocycles. The number of aliphatic carboxylic acids is 1. The number of likely N-dealkylation sites (N-methyl/N-ethyl adjacent to an activating group) is 2. The second-order valence-electron chi connectivity index (χ2n) is 4.31. The van der Waals surface area contributed by atoms with Gasteiger partial charge < -0.3 is 20.2 Å². The molecule has 0 fully saturated rings. The van der Waals surface area contributed by atoms with Crippen LogP contribution >= 0.6 is 0 Å². The molecule has 0 radical (unpaired) electrons. The lowest BCUT2D eigenvalue weighted by molar-refractivity contribution is -0.137. The Kier molecular flexibility index (Phi) is 8.13. The highest BCUT2D eigenvalue weighted by Gasteiger charge is 2.07. The Bertz CT molecular complexity index is 244. The van der Waals surface area contributed by atoms with Crippen LogP contribution in [0.3, 0.4) is 0 Å². The van der Waals surface area contributed by atoms with E-state index in [1.165, 1.54) is 0 Å². The highest BCUT2D eigenvalue weighted by Crippen LogP contribution is 1.94. The number of urea groups is 1. The Morgan fingerprint density at radius 1 is 1.12 bits per heavy atom. The van der Waals surface area contributed by atoms with Gasteiger partial charge in [-0.3, -0.25) is 4.79 Å². The van der Waals surface area contributed by atoms with E-state index in [2.05, 4.69) is 5.32 Å². The summed E-state index contributed by atoms with van der Waals surface area (Å²) in [5.74, 6) is -0.792. The van der Waals surface area contributed by atoms with Gasteiger partial charge in [0.05, 0.1) is 0 Å². The van der Waals surface area contributed by atoms with Gasteiger partial charge in [0.1, 0.15) is 0 Å². The molecule has 0 spiro atoms. The molecule has 0 aliphatic rings. The molecule has 2 N–H and O–H groups in total. The van der Waals surface area contributed by atoms with E-state index in [0.29, 0.717) is 25.9 Å². The van der Waals surface area contributed by atoms with Gasteiger partial charge in [-0.1, -0.05) is 0 Å². The lowest BCUT2D eigenvalue weighted by Crippen LogP contribution is -2.40. The van der Waals surface area contributed by atoms with Crippen molar-refractivity contribution in [1.82, 2.24) is 15.1 Å². The van der Waals surface area contributed by atoms with Gasteiger partial charge in [0.2, 0.25) is 0 Å².